The molecular weight excluding hydrogens is 356 g/mol. The third-order valence-corrected chi connectivity index (χ3v) is 4.05. The summed E-state index contributed by atoms with van der Waals surface area (Å²) < 4.78 is 0. The summed E-state index contributed by atoms with van der Waals surface area (Å²) in [5, 5.41) is 27.5. The molecule has 1 aliphatic rings. The van der Waals surface area contributed by atoms with Gasteiger partial charge >= 0.3 is 11.4 Å². The van der Waals surface area contributed by atoms with Crippen LogP contribution in [0.5, 0.6) is 0 Å². The molecule has 0 fully saturated rings. The van der Waals surface area contributed by atoms with Crippen LogP contribution >= 0.6 is 0 Å². The van der Waals surface area contributed by atoms with E-state index in [1.807, 2.05) is 0 Å². The summed E-state index contributed by atoms with van der Waals surface area (Å²) in [7, 11) is 0. The van der Waals surface area contributed by atoms with Crippen LogP contribution in [0.4, 0.5) is 17.1 Å². The van der Waals surface area contributed by atoms with E-state index in [1.54, 1.807) is 30.3 Å². The minimum atomic E-state index is -1.38. The number of anilines is 1. The molecule has 0 spiro atoms. The molecule has 1 aliphatic heterocycles. The van der Waals surface area contributed by atoms with Crippen LogP contribution in [0.15, 0.2) is 53.6 Å². The third kappa shape index (κ3) is 3.03. The van der Waals surface area contributed by atoms with Gasteiger partial charge in [0.2, 0.25) is 0 Å². The fraction of sp³-hybridized carbons (Fsp3) is 0.118. The van der Waals surface area contributed by atoms with Crippen LogP contribution in [0.1, 0.15) is 17.3 Å². The van der Waals surface area contributed by atoms with E-state index >= 15 is 0 Å². The molecule has 0 saturated carbocycles. The van der Waals surface area contributed by atoms with Gasteiger partial charge in [0.1, 0.15) is 11.5 Å². The van der Waals surface area contributed by atoms with Crippen molar-refractivity contribution in [3.8, 4) is 0 Å². The molecule has 2 aromatic rings. The number of nitrogens with zero attached hydrogens (tertiary/aromatic N) is 4. The molecule has 2 aromatic carbocycles. The molecule has 0 bridgehead atoms. The highest BCUT2D eigenvalue weighted by Gasteiger charge is 2.43. The molecule has 0 radical (unpaired) electrons. The van der Waals surface area contributed by atoms with Gasteiger partial charge in [0.25, 0.3) is 5.91 Å². The maximum absolute atomic E-state index is 12.9. The number of nitro benzene ring substituents is 2. The van der Waals surface area contributed by atoms with Crippen LogP contribution in [0.25, 0.3) is 0 Å². The number of ketones is 1. The monoisotopic (exact) mass is 368 g/mol. The SMILES string of the molecule is CC1=NN(c2ccccc2)C(=O)C1C(=O)c1cccc([N+](=O)[O-])c1[N+](=O)[O-]. The number of Topliss-reactive ketones (excluding diaryl/α,β-unsaturated/α-hetero) is 1. The first-order chi connectivity index (χ1) is 12.8. The smallest absolute Gasteiger partial charge is 0.293 e. The van der Waals surface area contributed by atoms with Crippen molar-refractivity contribution in [3.63, 3.8) is 0 Å². The van der Waals surface area contributed by atoms with Crippen molar-refractivity contribution in [1.82, 2.24) is 0 Å². The lowest BCUT2D eigenvalue weighted by Crippen LogP contribution is -2.33. The Labute approximate surface area is 152 Å². The minimum Gasteiger partial charge on any atom is -0.293 e. The average Bonchev–Trinajstić information content (AvgIpc) is 2.95. The molecule has 10 nitrogen and oxygen atoms in total. The van der Waals surface area contributed by atoms with Crippen LogP contribution < -0.4 is 5.01 Å². The zero-order valence-electron chi connectivity index (χ0n) is 13.9. The normalized spacial score (nSPS) is 16.2. The van der Waals surface area contributed by atoms with Gasteiger partial charge in [0.15, 0.2) is 5.78 Å². The van der Waals surface area contributed by atoms with Gasteiger partial charge < -0.3 is 0 Å². The highest BCUT2D eigenvalue weighted by atomic mass is 16.6. The maximum atomic E-state index is 12.9. The molecular formula is C17H12N4O6. The molecule has 27 heavy (non-hydrogen) atoms. The van der Waals surface area contributed by atoms with Crippen molar-refractivity contribution in [2.45, 2.75) is 6.92 Å². The van der Waals surface area contributed by atoms with E-state index in [-0.39, 0.29) is 5.71 Å². The first-order valence-electron chi connectivity index (χ1n) is 7.73. The summed E-state index contributed by atoms with van der Waals surface area (Å²) in [4.78, 5) is 46.1. The molecule has 1 amide bonds. The Morgan fingerprint density at radius 2 is 1.70 bits per heavy atom. The number of hydrazone groups is 1. The van der Waals surface area contributed by atoms with Crippen LogP contribution in [0, 0.1) is 26.1 Å². The summed E-state index contributed by atoms with van der Waals surface area (Å²) >= 11 is 0. The highest BCUT2D eigenvalue weighted by molar-refractivity contribution is 6.31. The Bertz CT molecular complexity index is 1000. The quantitative estimate of drug-likeness (QED) is 0.344. The second-order valence-electron chi connectivity index (χ2n) is 5.71. The maximum Gasteiger partial charge on any atom is 0.356 e. The van der Waals surface area contributed by atoms with Crippen molar-refractivity contribution in [2.75, 3.05) is 5.01 Å². The van der Waals surface area contributed by atoms with E-state index in [2.05, 4.69) is 5.10 Å². The van der Waals surface area contributed by atoms with Gasteiger partial charge in [-0.15, -0.1) is 0 Å². The van der Waals surface area contributed by atoms with Gasteiger partial charge in [-0.2, -0.15) is 10.1 Å². The minimum absolute atomic E-state index is 0.148. The van der Waals surface area contributed by atoms with E-state index in [0.29, 0.717) is 5.69 Å². The van der Waals surface area contributed by atoms with Crippen LogP contribution in [0.2, 0.25) is 0 Å². The van der Waals surface area contributed by atoms with Crippen molar-refractivity contribution in [2.24, 2.45) is 11.0 Å². The summed E-state index contributed by atoms with van der Waals surface area (Å²) in [6.07, 6.45) is 0. The van der Waals surface area contributed by atoms with Gasteiger partial charge in [0.05, 0.1) is 21.2 Å². The standard InChI is InChI=1S/C17H12N4O6/c1-10-14(17(23)19(18-10)11-6-3-2-4-7-11)16(22)12-8-5-9-13(20(24)25)15(12)21(26)27/h2-9,14H,1H3. The molecule has 3 rings (SSSR count). The van der Waals surface area contributed by atoms with Gasteiger partial charge in [0, 0.05) is 6.07 Å². The summed E-state index contributed by atoms with van der Waals surface area (Å²) in [5.41, 5.74) is -1.67. The lowest BCUT2D eigenvalue weighted by molar-refractivity contribution is -0.422. The van der Waals surface area contributed by atoms with Crippen molar-refractivity contribution in [1.29, 1.82) is 0 Å². The van der Waals surface area contributed by atoms with E-state index < -0.39 is 44.4 Å². The van der Waals surface area contributed by atoms with Gasteiger partial charge in [-0.1, -0.05) is 24.3 Å². The highest BCUT2D eigenvalue weighted by Crippen LogP contribution is 2.34. The zero-order chi connectivity index (χ0) is 19.7. The Balaban J connectivity index is 2.04. The average molecular weight is 368 g/mol. The van der Waals surface area contributed by atoms with Crippen molar-refractivity contribution in [3.05, 3.63) is 74.3 Å². The Kier molecular flexibility index (Phi) is 4.46. The van der Waals surface area contributed by atoms with Gasteiger partial charge in [-0.25, -0.2) is 0 Å². The number of rotatable bonds is 5. The number of hydrogen-bond donors (Lipinski definition) is 0. The molecule has 0 aliphatic carbocycles. The summed E-state index contributed by atoms with van der Waals surface area (Å²) in [6.45, 7) is 1.45. The number of amides is 1. The largest absolute Gasteiger partial charge is 0.356 e. The van der Waals surface area contributed by atoms with E-state index in [1.165, 1.54) is 13.0 Å². The number of benzene rings is 2. The molecule has 0 aromatic heterocycles. The van der Waals surface area contributed by atoms with E-state index in [9.17, 15) is 29.8 Å². The summed E-state index contributed by atoms with van der Waals surface area (Å²) in [6, 6.07) is 11.6. The number of carbonyl (C=O) groups is 2. The molecule has 1 atom stereocenters. The lowest BCUT2D eigenvalue weighted by atomic mass is 9.92. The van der Waals surface area contributed by atoms with Crippen LogP contribution in [-0.4, -0.2) is 27.2 Å². The number of nitro groups is 2. The Morgan fingerprint density at radius 1 is 1.04 bits per heavy atom. The number of hydrogen-bond acceptors (Lipinski definition) is 7. The fourth-order valence-electron chi connectivity index (χ4n) is 2.85. The number of carbonyl (C=O) groups excluding carboxylic acids is 2. The zero-order valence-corrected chi connectivity index (χ0v) is 13.9. The second-order valence-corrected chi connectivity index (χ2v) is 5.71. The predicted octanol–water partition coefficient (Wildman–Crippen LogP) is 2.72. The first-order valence-corrected chi connectivity index (χ1v) is 7.73. The molecule has 0 saturated heterocycles. The lowest BCUT2D eigenvalue weighted by Gasteiger charge is -2.13. The molecule has 1 heterocycles. The second kappa shape index (κ2) is 6.75. The van der Waals surface area contributed by atoms with Crippen LogP contribution in [-0.2, 0) is 4.79 Å². The molecule has 136 valence electrons. The third-order valence-electron chi connectivity index (χ3n) is 4.05. The van der Waals surface area contributed by atoms with Gasteiger partial charge in [-0.05, 0) is 25.1 Å². The van der Waals surface area contributed by atoms with Crippen molar-refractivity contribution >= 4 is 34.5 Å². The topological polar surface area (TPSA) is 136 Å². The van der Waals surface area contributed by atoms with Crippen LogP contribution in [0.3, 0.4) is 0 Å². The van der Waals surface area contributed by atoms with Crippen molar-refractivity contribution < 1.29 is 19.4 Å². The molecule has 1 unspecified atom stereocenters. The number of para-hydroxylation sites is 2. The molecule has 10 heteroatoms. The predicted molar refractivity (Wildman–Crippen MR) is 94.6 cm³/mol. The van der Waals surface area contributed by atoms with Gasteiger partial charge in [-0.3, -0.25) is 29.8 Å². The summed E-state index contributed by atoms with van der Waals surface area (Å²) in [5.74, 6) is -2.97. The fourth-order valence-corrected chi connectivity index (χ4v) is 2.85. The van der Waals surface area contributed by atoms with E-state index in [4.69, 9.17) is 0 Å². The van der Waals surface area contributed by atoms with E-state index in [0.717, 1.165) is 17.1 Å². The Morgan fingerprint density at radius 3 is 2.30 bits per heavy atom. The Hall–Kier alpha value is -3.95. The molecule has 0 N–H and O–H groups in total. The first kappa shape index (κ1) is 17.9.